The Morgan fingerprint density at radius 3 is 3.00 bits per heavy atom. The van der Waals surface area contributed by atoms with E-state index >= 15 is 0 Å². The SMILES string of the molecule is CC(CC#N)Cc1nc(C2SCCSC2C)no1. The maximum Gasteiger partial charge on any atom is 0.226 e. The third kappa shape index (κ3) is 3.42. The molecule has 1 aliphatic rings. The van der Waals surface area contributed by atoms with Crippen molar-refractivity contribution in [2.75, 3.05) is 11.5 Å². The van der Waals surface area contributed by atoms with Crippen LogP contribution in [0.15, 0.2) is 4.52 Å². The number of nitrogens with zero attached hydrogens (tertiary/aromatic N) is 3. The third-order valence-electron chi connectivity index (χ3n) is 2.89. The molecule has 0 aromatic carbocycles. The summed E-state index contributed by atoms with van der Waals surface area (Å²) in [6, 6.07) is 2.17. The van der Waals surface area contributed by atoms with Gasteiger partial charge in [0, 0.05) is 29.6 Å². The van der Waals surface area contributed by atoms with Crippen LogP contribution >= 0.6 is 23.5 Å². The molecule has 0 radical (unpaired) electrons. The van der Waals surface area contributed by atoms with Crippen molar-refractivity contribution in [2.45, 2.75) is 37.2 Å². The van der Waals surface area contributed by atoms with Crippen molar-refractivity contribution in [3.8, 4) is 6.07 Å². The molecule has 3 unspecified atom stereocenters. The van der Waals surface area contributed by atoms with Gasteiger partial charge >= 0.3 is 0 Å². The van der Waals surface area contributed by atoms with Crippen molar-refractivity contribution in [3.63, 3.8) is 0 Å². The summed E-state index contributed by atoms with van der Waals surface area (Å²) in [6.45, 7) is 4.25. The van der Waals surface area contributed by atoms with Gasteiger partial charge < -0.3 is 4.52 Å². The Balaban J connectivity index is 1.99. The van der Waals surface area contributed by atoms with Gasteiger partial charge in [0.05, 0.1) is 11.3 Å². The van der Waals surface area contributed by atoms with Crippen molar-refractivity contribution < 1.29 is 4.52 Å². The molecule has 1 aromatic heterocycles. The number of rotatable bonds is 4. The Hall–Kier alpha value is -0.670. The second-order valence-corrected chi connectivity index (χ2v) is 7.32. The van der Waals surface area contributed by atoms with Crippen LogP contribution in [0.25, 0.3) is 0 Å². The second-order valence-electron chi connectivity index (χ2n) is 4.59. The van der Waals surface area contributed by atoms with Gasteiger partial charge in [-0.05, 0) is 5.92 Å². The van der Waals surface area contributed by atoms with E-state index in [1.54, 1.807) is 0 Å². The molecule has 18 heavy (non-hydrogen) atoms. The largest absolute Gasteiger partial charge is 0.339 e. The smallest absolute Gasteiger partial charge is 0.226 e. The van der Waals surface area contributed by atoms with E-state index < -0.39 is 0 Å². The van der Waals surface area contributed by atoms with Crippen LogP contribution in [-0.4, -0.2) is 26.9 Å². The number of hydrogen-bond acceptors (Lipinski definition) is 6. The van der Waals surface area contributed by atoms with Crippen LogP contribution in [0.3, 0.4) is 0 Å². The highest BCUT2D eigenvalue weighted by Gasteiger charge is 2.28. The molecule has 1 saturated heterocycles. The molecule has 1 aromatic rings. The zero-order valence-electron chi connectivity index (χ0n) is 10.6. The van der Waals surface area contributed by atoms with Crippen LogP contribution in [0, 0.1) is 17.2 Å². The summed E-state index contributed by atoms with van der Waals surface area (Å²) in [5.74, 6) is 4.10. The summed E-state index contributed by atoms with van der Waals surface area (Å²) in [6.07, 6.45) is 1.22. The van der Waals surface area contributed by atoms with E-state index in [2.05, 4.69) is 23.1 Å². The highest BCUT2D eigenvalue weighted by atomic mass is 32.2. The van der Waals surface area contributed by atoms with Gasteiger partial charge in [0.2, 0.25) is 5.89 Å². The zero-order chi connectivity index (χ0) is 13.0. The van der Waals surface area contributed by atoms with Crippen LogP contribution in [0.5, 0.6) is 0 Å². The van der Waals surface area contributed by atoms with Gasteiger partial charge in [-0.1, -0.05) is 19.0 Å². The highest BCUT2D eigenvalue weighted by molar-refractivity contribution is 8.06. The number of hydrogen-bond donors (Lipinski definition) is 0. The van der Waals surface area contributed by atoms with Crippen LogP contribution < -0.4 is 0 Å². The maximum absolute atomic E-state index is 8.64. The van der Waals surface area contributed by atoms with Crippen molar-refractivity contribution >= 4 is 23.5 Å². The molecule has 4 nitrogen and oxygen atoms in total. The third-order valence-corrected chi connectivity index (χ3v) is 5.98. The molecule has 2 heterocycles. The minimum atomic E-state index is 0.272. The average molecular weight is 283 g/mol. The first-order chi connectivity index (χ1) is 8.70. The Kier molecular flexibility index (Phi) is 4.95. The Morgan fingerprint density at radius 1 is 1.50 bits per heavy atom. The van der Waals surface area contributed by atoms with E-state index in [-0.39, 0.29) is 5.92 Å². The lowest BCUT2D eigenvalue weighted by Gasteiger charge is -2.24. The molecular formula is C12H17N3OS2. The number of aromatic nitrogens is 2. The molecular weight excluding hydrogens is 266 g/mol. The molecule has 0 aliphatic carbocycles. The Morgan fingerprint density at radius 2 is 2.28 bits per heavy atom. The van der Waals surface area contributed by atoms with Crippen molar-refractivity contribution in [1.82, 2.24) is 10.1 Å². The summed E-state index contributed by atoms with van der Waals surface area (Å²) in [7, 11) is 0. The first kappa shape index (κ1) is 13.8. The van der Waals surface area contributed by atoms with Gasteiger partial charge in [-0.3, -0.25) is 0 Å². The Bertz CT molecular complexity index is 429. The summed E-state index contributed by atoms with van der Waals surface area (Å²) >= 11 is 3.88. The van der Waals surface area contributed by atoms with Crippen LogP contribution in [0.2, 0.25) is 0 Å². The van der Waals surface area contributed by atoms with Crippen LogP contribution in [0.4, 0.5) is 0 Å². The summed E-state index contributed by atoms with van der Waals surface area (Å²) < 4.78 is 5.29. The minimum absolute atomic E-state index is 0.272. The van der Waals surface area contributed by atoms with E-state index in [1.165, 1.54) is 5.75 Å². The predicted molar refractivity (Wildman–Crippen MR) is 74.5 cm³/mol. The van der Waals surface area contributed by atoms with E-state index in [0.29, 0.717) is 29.2 Å². The van der Waals surface area contributed by atoms with Gasteiger partial charge in [-0.25, -0.2) is 0 Å². The fourth-order valence-electron chi connectivity index (χ4n) is 1.91. The molecule has 1 aliphatic heterocycles. The standard InChI is InChI=1S/C12H17N3OS2/c1-8(3-4-13)7-10-14-12(15-16-10)11-9(2)17-5-6-18-11/h8-9,11H,3,5-7H2,1-2H3. The van der Waals surface area contributed by atoms with E-state index in [1.807, 2.05) is 30.4 Å². The predicted octanol–water partition coefficient (Wildman–Crippen LogP) is 3.07. The minimum Gasteiger partial charge on any atom is -0.339 e. The van der Waals surface area contributed by atoms with Crippen molar-refractivity contribution in [3.05, 3.63) is 11.7 Å². The average Bonchev–Trinajstić information content (AvgIpc) is 2.78. The topological polar surface area (TPSA) is 62.7 Å². The monoisotopic (exact) mass is 283 g/mol. The molecule has 1 fully saturated rings. The molecule has 0 spiro atoms. The maximum atomic E-state index is 8.64. The zero-order valence-corrected chi connectivity index (χ0v) is 12.3. The Labute approximate surface area is 116 Å². The molecule has 0 saturated carbocycles. The van der Waals surface area contributed by atoms with E-state index in [0.717, 1.165) is 11.6 Å². The first-order valence-corrected chi connectivity index (χ1v) is 8.23. The molecule has 3 atom stereocenters. The van der Waals surface area contributed by atoms with Gasteiger partial charge in [0.25, 0.3) is 0 Å². The van der Waals surface area contributed by atoms with Gasteiger partial charge in [-0.15, -0.1) is 11.8 Å². The van der Waals surface area contributed by atoms with Crippen LogP contribution in [0.1, 0.15) is 37.2 Å². The van der Waals surface area contributed by atoms with Crippen molar-refractivity contribution in [1.29, 1.82) is 5.26 Å². The summed E-state index contributed by atoms with van der Waals surface area (Å²) in [5, 5.41) is 13.6. The molecule has 0 amide bonds. The second kappa shape index (κ2) is 6.48. The fraction of sp³-hybridized carbons (Fsp3) is 0.750. The normalized spacial score (nSPS) is 25.6. The number of nitriles is 1. The molecule has 2 rings (SSSR count). The van der Waals surface area contributed by atoms with Gasteiger partial charge in [0.1, 0.15) is 0 Å². The lowest BCUT2D eigenvalue weighted by Crippen LogP contribution is -2.16. The highest BCUT2D eigenvalue weighted by Crippen LogP contribution is 2.41. The fourth-order valence-corrected chi connectivity index (χ4v) is 4.59. The lowest BCUT2D eigenvalue weighted by molar-refractivity contribution is 0.354. The van der Waals surface area contributed by atoms with Gasteiger partial charge in [-0.2, -0.15) is 22.0 Å². The lowest BCUT2D eigenvalue weighted by atomic mass is 10.1. The van der Waals surface area contributed by atoms with E-state index in [9.17, 15) is 0 Å². The quantitative estimate of drug-likeness (QED) is 0.846. The number of thioether (sulfide) groups is 2. The van der Waals surface area contributed by atoms with Crippen molar-refractivity contribution in [2.24, 2.45) is 5.92 Å². The molecule has 0 N–H and O–H groups in total. The summed E-state index contributed by atoms with van der Waals surface area (Å²) in [5.41, 5.74) is 0. The van der Waals surface area contributed by atoms with Crippen LogP contribution in [-0.2, 0) is 6.42 Å². The first-order valence-electron chi connectivity index (χ1n) is 6.13. The molecule has 6 heteroatoms. The summed E-state index contributed by atoms with van der Waals surface area (Å²) in [4.78, 5) is 4.49. The molecule has 0 bridgehead atoms. The van der Waals surface area contributed by atoms with E-state index in [4.69, 9.17) is 9.78 Å². The van der Waals surface area contributed by atoms with Gasteiger partial charge in [0.15, 0.2) is 5.82 Å². The molecule has 98 valence electrons.